The number of rotatable bonds is 10. The van der Waals surface area contributed by atoms with Gasteiger partial charge in [-0.15, -0.1) is 0 Å². The van der Waals surface area contributed by atoms with Gasteiger partial charge in [0.05, 0.1) is 0 Å². The molecule has 1 heteroatoms. The molecule has 0 N–H and O–H groups in total. The average molecular weight is 309 g/mol. The Morgan fingerprint density at radius 2 is 1.05 bits per heavy atom. The van der Waals surface area contributed by atoms with Crippen molar-refractivity contribution in [2.24, 2.45) is 0 Å². The SMILES string of the molecule is CC(C)c1ccc(F)cc1.CCCCCCCCCCCC. The van der Waals surface area contributed by atoms with Crippen LogP contribution < -0.4 is 0 Å². The molecule has 0 bridgehead atoms. The smallest absolute Gasteiger partial charge is 0.123 e. The maximum Gasteiger partial charge on any atom is 0.123 e. The third-order valence-corrected chi connectivity index (χ3v) is 3.99. The van der Waals surface area contributed by atoms with Gasteiger partial charge >= 0.3 is 0 Å². The summed E-state index contributed by atoms with van der Waals surface area (Å²) in [6, 6.07) is 6.63. The molecule has 1 aromatic rings. The summed E-state index contributed by atoms with van der Waals surface area (Å²) in [5.41, 5.74) is 1.18. The van der Waals surface area contributed by atoms with Gasteiger partial charge in [-0.25, -0.2) is 4.39 Å². The molecule has 0 aliphatic carbocycles. The molecule has 0 unspecified atom stereocenters. The van der Waals surface area contributed by atoms with Crippen LogP contribution in [0.2, 0.25) is 0 Å². The molecule has 0 nitrogen and oxygen atoms in total. The van der Waals surface area contributed by atoms with E-state index in [2.05, 4.69) is 27.7 Å². The van der Waals surface area contributed by atoms with Crippen molar-refractivity contribution in [3.8, 4) is 0 Å². The number of benzene rings is 1. The van der Waals surface area contributed by atoms with E-state index in [1.165, 1.54) is 81.9 Å². The molecule has 0 spiro atoms. The molecule has 1 aromatic carbocycles. The zero-order valence-corrected chi connectivity index (χ0v) is 15.3. The van der Waals surface area contributed by atoms with Crippen LogP contribution in [0.5, 0.6) is 0 Å². The summed E-state index contributed by atoms with van der Waals surface area (Å²) >= 11 is 0. The predicted octanol–water partition coefficient (Wildman–Crippen LogP) is 7.88. The van der Waals surface area contributed by atoms with Crippen LogP contribution in [0.1, 0.15) is 103 Å². The minimum absolute atomic E-state index is 0.163. The van der Waals surface area contributed by atoms with E-state index in [0.29, 0.717) is 5.92 Å². The van der Waals surface area contributed by atoms with Gasteiger partial charge in [0.15, 0.2) is 0 Å². The largest absolute Gasteiger partial charge is 0.207 e. The first kappa shape index (κ1) is 21.1. The molecule has 0 aliphatic heterocycles. The van der Waals surface area contributed by atoms with Gasteiger partial charge in [0.25, 0.3) is 0 Å². The lowest BCUT2D eigenvalue weighted by atomic mass is 10.0. The Kier molecular flexibility index (Phi) is 14.5. The molecule has 0 aliphatic rings. The lowest BCUT2D eigenvalue weighted by molar-refractivity contribution is 0.562. The van der Waals surface area contributed by atoms with Crippen LogP contribution in [0.4, 0.5) is 4.39 Å². The maximum absolute atomic E-state index is 12.4. The van der Waals surface area contributed by atoms with E-state index in [1.807, 2.05) is 12.1 Å². The number of hydrogen-bond donors (Lipinski definition) is 0. The summed E-state index contributed by atoms with van der Waals surface area (Å²) < 4.78 is 12.4. The summed E-state index contributed by atoms with van der Waals surface area (Å²) in [5, 5.41) is 0. The van der Waals surface area contributed by atoms with Gasteiger partial charge in [0.1, 0.15) is 5.82 Å². The highest BCUT2D eigenvalue weighted by Crippen LogP contribution is 2.13. The Labute approximate surface area is 138 Å². The van der Waals surface area contributed by atoms with Crippen molar-refractivity contribution in [2.75, 3.05) is 0 Å². The molecular formula is C21H37F. The van der Waals surface area contributed by atoms with E-state index in [9.17, 15) is 4.39 Å². The molecule has 128 valence electrons. The first-order chi connectivity index (χ1) is 10.6. The van der Waals surface area contributed by atoms with Gasteiger partial charge < -0.3 is 0 Å². The molecule has 1 rings (SSSR count). The van der Waals surface area contributed by atoms with E-state index in [4.69, 9.17) is 0 Å². The van der Waals surface area contributed by atoms with E-state index in [-0.39, 0.29) is 5.82 Å². The lowest BCUT2D eigenvalue weighted by Crippen LogP contribution is -1.85. The van der Waals surface area contributed by atoms with Gasteiger partial charge in [-0.1, -0.05) is 104 Å². The molecule has 0 heterocycles. The monoisotopic (exact) mass is 308 g/mol. The van der Waals surface area contributed by atoms with Gasteiger partial charge in [-0.05, 0) is 23.6 Å². The van der Waals surface area contributed by atoms with Crippen LogP contribution in [-0.4, -0.2) is 0 Å². The highest BCUT2D eigenvalue weighted by Gasteiger charge is 1.96. The summed E-state index contributed by atoms with van der Waals surface area (Å²) in [5.74, 6) is 0.324. The fourth-order valence-corrected chi connectivity index (χ4v) is 2.41. The molecule has 0 amide bonds. The Morgan fingerprint density at radius 1 is 0.682 bits per heavy atom. The summed E-state index contributed by atoms with van der Waals surface area (Å²) in [4.78, 5) is 0. The van der Waals surface area contributed by atoms with Crippen LogP contribution >= 0.6 is 0 Å². The number of halogens is 1. The van der Waals surface area contributed by atoms with Crippen molar-refractivity contribution in [3.05, 3.63) is 35.6 Å². The molecule has 0 fully saturated rings. The molecule has 0 saturated carbocycles. The van der Waals surface area contributed by atoms with Crippen LogP contribution in [0.15, 0.2) is 24.3 Å². The van der Waals surface area contributed by atoms with Gasteiger partial charge in [0.2, 0.25) is 0 Å². The second kappa shape index (κ2) is 15.1. The zero-order valence-electron chi connectivity index (χ0n) is 15.3. The molecule has 22 heavy (non-hydrogen) atoms. The lowest BCUT2D eigenvalue weighted by Gasteiger charge is -2.02. The molecule has 0 saturated heterocycles. The van der Waals surface area contributed by atoms with Gasteiger partial charge in [-0.2, -0.15) is 0 Å². The van der Waals surface area contributed by atoms with Crippen LogP contribution in [-0.2, 0) is 0 Å². The predicted molar refractivity (Wildman–Crippen MR) is 98.0 cm³/mol. The second-order valence-electron chi connectivity index (χ2n) is 6.53. The minimum Gasteiger partial charge on any atom is -0.207 e. The minimum atomic E-state index is -0.163. The van der Waals surface area contributed by atoms with E-state index in [1.54, 1.807) is 0 Å². The standard InChI is InChI=1S/C12H26.C9H11F/c1-3-5-7-9-11-12-10-8-6-4-2;1-7(2)8-3-5-9(10)6-4-8/h3-12H2,1-2H3;3-7H,1-2H3. The fourth-order valence-electron chi connectivity index (χ4n) is 2.41. The first-order valence-corrected chi connectivity index (χ1v) is 9.37. The Hall–Kier alpha value is -0.850. The Morgan fingerprint density at radius 3 is 1.36 bits per heavy atom. The number of unbranched alkanes of at least 4 members (excludes halogenated alkanes) is 9. The topological polar surface area (TPSA) is 0 Å². The fraction of sp³-hybridized carbons (Fsp3) is 0.714. The van der Waals surface area contributed by atoms with Gasteiger partial charge in [-0.3, -0.25) is 0 Å². The van der Waals surface area contributed by atoms with Crippen molar-refractivity contribution in [3.63, 3.8) is 0 Å². The van der Waals surface area contributed by atoms with Crippen LogP contribution in [0.25, 0.3) is 0 Å². The molecule has 0 atom stereocenters. The zero-order chi connectivity index (χ0) is 16.6. The third kappa shape index (κ3) is 12.9. The van der Waals surface area contributed by atoms with E-state index < -0.39 is 0 Å². The number of hydrogen-bond acceptors (Lipinski definition) is 0. The van der Waals surface area contributed by atoms with Crippen molar-refractivity contribution in [2.45, 2.75) is 97.8 Å². The summed E-state index contributed by atoms with van der Waals surface area (Å²) in [6.07, 6.45) is 14.4. The van der Waals surface area contributed by atoms with Crippen molar-refractivity contribution < 1.29 is 4.39 Å². The van der Waals surface area contributed by atoms with Crippen molar-refractivity contribution in [1.82, 2.24) is 0 Å². The third-order valence-electron chi connectivity index (χ3n) is 3.99. The summed E-state index contributed by atoms with van der Waals surface area (Å²) in [6.45, 7) is 8.74. The van der Waals surface area contributed by atoms with Crippen LogP contribution in [0, 0.1) is 5.82 Å². The first-order valence-electron chi connectivity index (χ1n) is 9.37. The summed E-state index contributed by atoms with van der Waals surface area (Å²) in [7, 11) is 0. The molecular weight excluding hydrogens is 271 g/mol. The van der Waals surface area contributed by atoms with Crippen LogP contribution in [0.3, 0.4) is 0 Å². The maximum atomic E-state index is 12.4. The highest BCUT2D eigenvalue weighted by molar-refractivity contribution is 5.18. The van der Waals surface area contributed by atoms with Crippen molar-refractivity contribution >= 4 is 0 Å². The second-order valence-corrected chi connectivity index (χ2v) is 6.53. The van der Waals surface area contributed by atoms with E-state index >= 15 is 0 Å². The average Bonchev–Trinajstić information content (AvgIpc) is 2.51. The Balaban J connectivity index is 0.000000406. The van der Waals surface area contributed by atoms with Gasteiger partial charge in [0, 0.05) is 0 Å². The molecule has 0 radical (unpaired) electrons. The van der Waals surface area contributed by atoms with E-state index in [0.717, 1.165) is 0 Å². The molecule has 0 aromatic heterocycles. The normalized spacial score (nSPS) is 10.5. The highest BCUT2D eigenvalue weighted by atomic mass is 19.1. The van der Waals surface area contributed by atoms with Crippen molar-refractivity contribution in [1.29, 1.82) is 0 Å². The quantitative estimate of drug-likeness (QED) is 0.386. The Bertz CT molecular complexity index is 316.